The van der Waals surface area contributed by atoms with Crippen LogP contribution >= 0.6 is 24.9 Å². The summed E-state index contributed by atoms with van der Waals surface area (Å²) >= 11 is 6.17. The van der Waals surface area contributed by atoms with Crippen LogP contribution in [0.15, 0.2) is 25.3 Å². The van der Waals surface area contributed by atoms with Crippen molar-refractivity contribution in [3.63, 3.8) is 0 Å². The number of anilines is 2. The number of ether oxygens (including phenoxy) is 2. The van der Waals surface area contributed by atoms with Crippen LogP contribution in [0.2, 0.25) is 0 Å². The van der Waals surface area contributed by atoms with Crippen molar-refractivity contribution in [1.29, 1.82) is 0 Å². The molecule has 242 valence electrons. The standard InChI is InChI=1S/C22H27FN10O8P2S2/c1-9-10-3-37-43(35,45-2)41-16-11(39-21(12(16)23)32-7-30-13-17(24)26-5-28-19(13)32)4-36-42(34,44)40-15(9)22(38-10)33-8-31-14-18(25)27-6-29-20(14)33/h5-12,15-16,21-22H,3-4H2,1-2H3,(H,34,44)(H2,24,26,28)(H2,25,27,29)/t9?,10?,11-,12?,15?,16?,21?,22?,42?,43?/m1/s1. The summed E-state index contributed by atoms with van der Waals surface area (Å²) in [6, 6.07) is 0. The van der Waals surface area contributed by atoms with Crippen LogP contribution in [-0.2, 0) is 43.9 Å². The van der Waals surface area contributed by atoms with Crippen LogP contribution in [0.5, 0.6) is 0 Å². The molecular weight excluding hydrogens is 677 g/mol. The molecule has 0 radical (unpaired) electrons. The molecule has 18 nitrogen and oxygen atoms in total. The fraction of sp³-hybridized carbons (Fsp3) is 0.545. The van der Waals surface area contributed by atoms with Crippen molar-refractivity contribution < 1.29 is 41.4 Å². The SMILES string of the molecule is CSP1(=O)OCC2OC(n3cnc4c(N)ncnc43)C(OP(O)(=S)OC[C@H]3OC(n4cnc5c(N)ncnc54)C(F)C3O1)C2C. The second kappa shape index (κ2) is 11.7. The molecule has 7 heterocycles. The van der Waals surface area contributed by atoms with Crippen LogP contribution in [0.4, 0.5) is 16.0 Å². The Bertz CT molecular complexity index is 1850. The van der Waals surface area contributed by atoms with E-state index in [0.29, 0.717) is 11.2 Å². The van der Waals surface area contributed by atoms with Crippen molar-refractivity contribution in [2.75, 3.05) is 30.9 Å². The first-order valence-corrected chi connectivity index (χ1v) is 19.4. The Kier molecular flexibility index (Phi) is 8.09. The first kappa shape index (κ1) is 31.2. The number of fused-ring (bicyclic) bond motifs is 5. The zero-order chi connectivity index (χ0) is 31.7. The maximum atomic E-state index is 16.2. The summed E-state index contributed by atoms with van der Waals surface area (Å²) in [6.45, 7) is -7.02. The van der Waals surface area contributed by atoms with Crippen molar-refractivity contribution in [2.24, 2.45) is 5.92 Å². The minimum Gasteiger partial charge on any atom is -0.382 e. The van der Waals surface area contributed by atoms with Crippen molar-refractivity contribution in [2.45, 2.75) is 50.0 Å². The number of nitrogen functional groups attached to an aromatic ring is 2. The van der Waals surface area contributed by atoms with Gasteiger partial charge in [0, 0.05) is 5.92 Å². The molecule has 45 heavy (non-hydrogen) atoms. The van der Waals surface area contributed by atoms with Crippen LogP contribution in [0, 0.1) is 5.92 Å². The normalized spacial score (nSPS) is 37.7. The number of imidazole rings is 2. The highest BCUT2D eigenvalue weighted by molar-refractivity contribution is 8.54. The van der Waals surface area contributed by atoms with Gasteiger partial charge in [-0.15, -0.1) is 0 Å². The average Bonchev–Trinajstić information content (AvgIpc) is 3.77. The van der Waals surface area contributed by atoms with Gasteiger partial charge in [0.05, 0.1) is 32.0 Å². The Hall–Kier alpha value is -2.42. The lowest BCUT2D eigenvalue weighted by atomic mass is 10.0. The van der Waals surface area contributed by atoms with E-state index in [4.69, 9.17) is 50.8 Å². The maximum Gasteiger partial charge on any atom is 0.389 e. The van der Waals surface area contributed by atoms with Gasteiger partial charge >= 0.3 is 13.5 Å². The minimum absolute atomic E-state index is 0.0942. The molecule has 7 rings (SSSR count). The Morgan fingerprint density at radius 1 is 0.911 bits per heavy atom. The van der Waals surface area contributed by atoms with Crippen LogP contribution in [-0.4, -0.2) is 94.0 Å². The summed E-state index contributed by atoms with van der Waals surface area (Å²) in [4.78, 5) is 36.0. The third kappa shape index (κ3) is 5.53. The number of alkyl halides is 1. The minimum atomic E-state index is -4.05. The van der Waals surface area contributed by atoms with Crippen LogP contribution in [0.3, 0.4) is 0 Å². The summed E-state index contributed by atoms with van der Waals surface area (Å²) in [5, 5.41) is 0. The number of nitrogens with two attached hydrogens (primary N) is 2. The predicted molar refractivity (Wildman–Crippen MR) is 161 cm³/mol. The highest BCUT2D eigenvalue weighted by Gasteiger charge is 2.53. The molecule has 0 saturated carbocycles. The summed E-state index contributed by atoms with van der Waals surface area (Å²) in [7, 11) is 0. The molecule has 23 heteroatoms. The third-order valence-electron chi connectivity index (χ3n) is 7.82. The first-order valence-electron chi connectivity index (χ1n) is 13.4. The van der Waals surface area contributed by atoms with Gasteiger partial charge in [0.25, 0.3) is 0 Å². The number of nitrogens with zero attached hydrogens (tertiary/aromatic N) is 8. The molecule has 0 spiro atoms. The van der Waals surface area contributed by atoms with E-state index in [9.17, 15) is 9.46 Å². The number of rotatable bonds is 3. The fourth-order valence-electron chi connectivity index (χ4n) is 5.50. The van der Waals surface area contributed by atoms with E-state index >= 15 is 4.39 Å². The summed E-state index contributed by atoms with van der Waals surface area (Å²) < 4.78 is 68.7. The molecule has 2 bridgehead atoms. The zero-order valence-corrected chi connectivity index (χ0v) is 26.9. The van der Waals surface area contributed by atoms with Gasteiger partial charge < -0.3 is 34.9 Å². The summed E-state index contributed by atoms with van der Waals surface area (Å²) in [5.41, 5.74) is 13.0. The van der Waals surface area contributed by atoms with Gasteiger partial charge in [-0.25, -0.2) is 38.9 Å². The number of aromatic nitrogens is 8. The molecular formula is C22H27FN10O8P2S2. The molecule has 3 saturated heterocycles. The van der Waals surface area contributed by atoms with E-state index in [2.05, 4.69) is 29.9 Å². The van der Waals surface area contributed by atoms with Crippen LogP contribution in [0.25, 0.3) is 22.3 Å². The van der Waals surface area contributed by atoms with Gasteiger partial charge in [0.15, 0.2) is 41.6 Å². The summed E-state index contributed by atoms with van der Waals surface area (Å²) in [5.74, 6) is -0.233. The second-order valence-electron chi connectivity index (χ2n) is 10.4. The zero-order valence-electron chi connectivity index (χ0n) is 23.5. The van der Waals surface area contributed by atoms with E-state index in [-0.39, 0.29) is 29.4 Å². The fourth-order valence-corrected chi connectivity index (χ4v) is 9.16. The maximum absolute atomic E-state index is 16.2. The molecule has 3 fully saturated rings. The van der Waals surface area contributed by atoms with E-state index in [1.165, 1.54) is 36.1 Å². The van der Waals surface area contributed by atoms with Gasteiger partial charge in [0.2, 0.25) is 0 Å². The quantitative estimate of drug-likeness (QED) is 0.259. The van der Waals surface area contributed by atoms with E-state index < -0.39 is 69.1 Å². The van der Waals surface area contributed by atoms with Gasteiger partial charge in [0.1, 0.15) is 42.0 Å². The molecule has 3 aliphatic heterocycles. The Labute approximate surface area is 262 Å². The first-order chi connectivity index (χ1) is 21.5. The van der Waals surface area contributed by atoms with Gasteiger partial charge in [-0.2, -0.15) is 0 Å². The highest BCUT2D eigenvalue weighted by atomic mass is 32.7. The van der Waals surface area contributed by atoms with Crippen molar-refractivity contribution >= 4 is 70.7 Å². The lowest BCUT2D eigenvalue weighted by molar-refractivity contribution is -0.0584. The number of hydrogen-bond donors (Lipinski definition) is 3. The van der Waals surface area contributed by atoms with Crippen LogP contribution < -0.4 is 11.5 Å². The lowest BCUT2D eigenvalue weighted by Crippen LogP contribution is -2.34. The molecule has 3 aliphatic rings. The summed E-state index contributed by atoms with van der Waals surface area (Å²) in [6.07, 6.45) is -1.82. The topological polar surface area (TPSA) is 232 Å². The molecule has 5 N–H and O–H groups in total. The molecule has 0 aromatic carbocycles. The molecule has 4 aromatic heterocycles. The highest BCUT2D eigenvalue weighted by Crippen LogP contribution is 2.63. The largest absolute Gasteiger partial charge is 0.389 e. The monoisotopic (exact) mass is 704 g/mol. The van der Waals surface area contributed by atoms with Crippen LogP contribution in [0.1, 0.15) is 19.4 Å². The van der Waals surface area contributed by atoms with Crippen molar-refractivity contribution in [3.8, 4) is 0 Å². The molecule has 9 unspecified atom stereocenters. The predicted octanol–water partition coefficient (Wildman–Crippen LogP) is 2.10. The van der Waals surface area contributed by atoms with Crippen molar-refractivity contribution in [1.82, 2.24) is 39.0 Å². The second-order valence-corrected chi connectivity index (χ2v) is 17.4. The van der Waals surface area contributed by atoms with Gasteiger partial charge in [-0.3, -0.25) is 18.2 Å². The number of hydrogen-bond acceptors (Lipinski definition) is 17. The van der Waals surface area contributed by atoms with Gasteiger partial charge in [-0.05, 0) is 29.4 Å². The molecule has 0 amide bonds. The number of halogens is 1. The smallest absolute Gasteiger partial charge is 0.382 e. The Balaban J connectivity index is 1.22. The third-order valence-corrected chi connectivity index (χ3v) is 12.7. The van der Waals surface area contributed by atoms with Gasteiger partial charge in [-0.1, -0.05) is 6.92 Å². The van der Waals surface area contributed by atoms with E-state index in [1.807, 2.05) is 0 Å². The van der Waals surface area contributed by atoms with E-state index in [1.54, 1.807) is 11.5 Å². The lowest BCUT2D eigenvalue weighted by Gasteiger charge is -2.28. The Morgan fingerprint density at radius 2 is 1.49 bits per heavy atom. The van der Waals surface area contributed by atoms with E-state index in [0.717, 1.165) is 11.4 Å². The molecule has 4 aromatic rings. The average molecular weight is 705 g/mol. The van der Waals surface area contributed by atoms with Crippen molar-refractivity contribution in [3.05, 3.63) is 25.3 Å². The molecule has 0 aliphatic carbocycles. The molecule has 10 atom stereocenters. The Morgan fingerprint density at radius 3 is 2.11 bits per heavy atom.